The number of aromatic hydroxyl groups is 1. The fraction of sp³-hybridized carbons (Fsp3) is 0.353. The third-order valence-corrected chi connectivity index (χ3v) is 5.80. The van der Waals surface area contributed by atoms with Crippen molar-refractivity contribution in [2.75, 3.05) is 26.2 Å². The molecular weight excluding hydrogens is 357 g/mol. The van der Waals surface area contributed by atoms with Gasteiger partial charge in [0.1, 0.15) is 12.1 Å². The Kier molecular flexibility index (Phi) is 4.33. The van der Waals surface area contributed by atoms with Gasteiger partial charge >= 0.3 is 0 Å². The van der Waals surface area contributed by atoms with Crippen LogP contribution in [-0.2, 0) is 4.79 Å². The Morgan fingerprint density at radius 1 is 1.27 bits per heavy atom. The van der Waals surface area contributed by atoms with Gasteiger partial charge in [-0.3, -0.25) is 9.69 Å². The van der Waals surface area contributed by atoms with E-state index in [1.54, 1.807) is 30.0 Å². The van der Waals surface area contributed by atoms with Gasteiger partial charge in [-0.25, -0.2) is 9.37 Å². The highest BCUT2D eigenvalue weighted by molar-refractivity contribution is 7.17. The fourth-order valence-electron chi connectivity index (χ4n) is 3.37. The second-order valence-corrected chi connectivity index (χ2v) is 7.22. The third kappa shape index (κ3) is 2.82. The number of carbonyl (C=O) groups is 1. The maximum Gasteiger partial charge on any atom is 0.230 e. The van der Waals surface area contributed by atoms with E-state index in [1.807, 2.05) is 0 Å². The van der Waals surface area contributed by atoms with Crippen molar-refractivity contribution in [2.24, 2.45) is 0 Å². The number of hydrogen-bond donors (Lipinski definition) is 1. The first-order valence-electron chi connectivity index (χ1n) is 8.31. The Labute approximate surface area is 153 Å². The first-order valence-corrected chi connectivity index (χ1v) is 9.13. The molecule has 26 heavy (non-hydrogen) atoms. The lowest BCUT2D eigenvalue weighted by Gasteiger charge is -2.38. The van der Waals surface area contributed by atoms with E-state index >= 15 is 0 Å². The number of halogens is 1. The molecule has 0 saturated carbocycles. The van der Waals surface area contributed by atoms with Crippen LogP contribution in [0.15, 0.2) is 30.6 Å². The number of nitrogens with zero attached hydrogens (tertiary/aromatic N) is 5. The maximum atomic E-state index is 14.6. The molecule has 136 valence electrons. The van der Waals surface area contributed by atoms with Gasteiger partial charge < -0.3 is 10.0 Å². The molecule has 1 N–H and O–H groups in total. The van der Waals surface area contributed by atoms with Crippen molar-refractivity contribution in [3.63, 3.8) is 0 Å². The zero-order valence-electron chi connectivity index (χ0n) is 14.2. The van der Waals surface area contributed by atoms with Gasteiger partial charge in [-0.1, -0.05) is 29.5 Å². The number of thiazole rings is 1. The molecule has 0 radical (unpaired) electrons. The van der Waals surface area contributed by atoms with Gasteiger partial charge in [0.25, 0.3) is 0 Å². The molecule has 2 aromatic heterocycles. The van der Waals surface area contributed by atoms with Gasteiger partial charge in [-0.15, -0.1) is 0 Å². The lowest BCUT2D eigenvalue weighted by atomic mass is 10.0. The molecule has 4 rings (SSSR count). The average molecular weight is 375 g/mol. The average Bonchev–Trinajstić information content (AvgIpc) is 3.21. The van der Waals surface area contributed by atoms with E-state index in [0.29, 0.717) is 41.6 Å². The summed E-state index contributed by atoms with van der Waals surface area (Å²) < 4.78 is 16.0. The van der Waals surface area contributed by atoms with Crippen molar-refractivity contribution in [1.82, 2.24) is 24.4 Å². The van der Waals surface area contributed by atoms with Crippen molar-refractivity contribution in [1.29, 1.82) is 0 Å². The third-order valence-electron chi connectivity index (χ3n) is 4.71. The van der Waals surface area contributed by atoms with E-state index in [0.717, 1.165) is 0 Å². The molecule has 7 nitrogen and oxygen atoms in total. The minimum Gasteiger partial charge on any atom is -0.492 e. The smallest absolute Gasteiger partial charge is 0.230 e. The van der Waals surface area contributed by atoms with Gasteiger partial charge in [0.2, 0.25) is 16.7 Å². The summed E-state index contributed by atoms with van der Waals surface area (Å²) in [5.74, 6) is -0.316. The number of aromatic nitrogens is 3. The molecule has 0 bridgehead atoms. The molecule has 1 aliphatic heterocycles. The Balaban J connectivity index is 1.76. The molecule has 3 aromatic rings. The monoisotopic (exact) mass is 375 g/mol. The second-order valence-electron chi connectivity index (χ2n) is 6.21. The van der Waals surface area contributed by atoms with Crippen LogP contribution in [0.3, 0.4) is 0 Å². The van der Waals surface area contributed by atoms with Crippen LogP contribution in [0.25, 0.3) is 4.96 Å². The zero-order valence-corrected chi connectivity index (χ0v) is 15.0. The number of hydrogen-bond acceptors (Lipinski definition) is 6. The van der Waals surface area contributed by atoms with Gasteiger partial charge in [0.05, 0.1) is 10.9 Å². The molecule has 1 saturated heterocycles. The predicted octanol–water partition coefficient (Wildman–Crippen LogP) is 1.89. The summed E-state index contributed by atoms with van der Waals surface area (Å²) in [6, 6.07) is 6.12. The van der Waals surface area contributed by atoms with Gasteiger partial charge in [-0.05, 0) is 6.07 Å². The van der Waals surface area contributed by atoms with Crippen LogP contribution in [0.1, 0.15) is 23.4 Å². The topological polar surface area (TPSA) is 74.0 Å². The summed E-state index contributed by atoms with van der Waals surface area (Å²) in [6.45, 7) is 3.87. The normalized spacial score (nSPS) is 16.9. The summed E-state index contributed by atoms with van der Waals surface area (Å²) in [4.78, 5) is 20.7. The van der Waals surface area contributed by atoms with Crippen molar-refractivity contribution < 1.29 is 14.3 Å². The van der Waals surface area contributed by atoms with Crippen LogP contribution in [0.2, 0.25) is 0 Å². The molecule has 1 atom stereocenters. The number of rotatable bonds is 3. The lowest BCUT2D eigenvalue weighted by molar-refractivity contribution is -0.130. The molecular formula is C17H18FN5O2S. The molecule has 0 aliphatic carbocycles. The van der Waals surface area contributed by atoms with Gasteiger partial charge in [0.15, 0.2) is 0 Å². The van der Waals surface area contributed by atoms with Crippen LogP contribution in [0.4, 0.5) is 4.39 Å². The van der Waals surface area contributed by atoms with Gasteiger partial charge in [0, 0.05) is 38.7 Å². The SMILES string of the molecule is CC(=O)N1CCN(C(c2ccccc2F)c2sc3ncnn3c2O)CC1. The molecule has 1 fully saturated rings. The van der Waals surface area contributed by atoms with Crippen molar-refractivity contribution in [3.8, 4) is 5.88 Å². The summed E-state index contributed by atoms with van der Waals surface area (Å²) in [5.41, 5.74) is 0.489. The first-order chi connectivity index (χ1) is 12.6. The van der Waals surface area contributed by atoms with E-state index in [1.165, 1.54) is 28.2 Å². The van der Waals surface area contributed by atoms with E-state index in [-0.39, 0.29) is 17.6 Å². The van der Waals surface area contributed by atoms with Crippen molar-refractivity contribution in [3.05, 3.63) is 46.9 Å². The van der Waals surface area contributed by atoms with Crippen LogP contribution in [-0.4, -0.2) is 61.6 Å². The number of benzene rings is 1. The fourth-order valence-corrected chi connectivity index (χ4v) is 4.45. The molecule has 3 heterocycles. The summed E-state index contributed by atoms with van der Waals surface area (Å²) in [6.07, 6.45) is 1.37. The van der Waals surface area contributed by atoms with Crippen LogP contribution < -0.4 is 0 Å². The van der Waals surface area contributed by atoms with Crippen molar-refractivity contribution >= 4 is 22.2 Å². The summed E-state index contributed by atoms with van der Waals surface area (Å²) in [7, 11) is 0. The van der Waals surface area contributed by atoms with E-state index in [2.05, 4.69) is 15.0 Å². The molecule has 1 amide bonds. The minimum atomic E-state index is -0.459. The molecule has 0 spiro atoms. The van der Waals surface area contributed by atoms with E-state index in [4.69, 9.17) is 0 Å². The lowest BCUT2D eigenvalue weighted by Crippen LogP contribution is -2.49. The molecule has 1 aromatic carbocycles. The van der Waals surface area contributed by atoms with Crippen molar-refractivity contribution in [2.45, 2.75) is 13.0 Å². The Bertz CT molecular complexity index is 948. The van der Waals surface area contributed by atoms with E-state index < -0.39 is 6.04 Å². The van der Waals surface area contributed by atoms with E-state index in [9.17, 15) is 14.3 Å². The standard InChI is InChI=1S/C17H18FN5O2S/c1-11(24)21-6-8-22(9-7-21)14(12-4-2-3-5-13(12)18)15-16(25)23-17(26-15)19-10-20-23/h2-5,10,14,25H,6-9H2,1H3. The zero-order chi connectivity index (χ0) is 18.3. The highest BCUT2D eigenvalue weighted by atomic mass is 32.1. The largest absolute Gasteiger partial charge is 0.492 e. The maximum absolute atomic E-state index is 14.6. The second kappa shape index (κ2) is 6.65. The highest BCUT2D eigenvalue weighted by Gasteiger charge is 2.33. The number of carbonyl (C=O) groups excluding carboxylic acids is 1. The quantitative estimate of drug-likeness (QED) is 0.757. The minimum absolute atomic E-state index is 0.0234. The van der Waals surface area contributed by atoms with Gasteiger partial charge in [-0.2, -0.15) is 9.61 Å². The Morgan fingerprint density at radius 3 is 2.65 bits per heavy atom. The Morgan fingerprint density at radius 2 is 2.00 bits per heavy atom. The highest BCUT2D eigenvalue weighted by Crippen LogP contribution is 2.40. The number of amides is 1. The number of fused-ring (bicyclic) bond motifs is 1. The number of piperazine rings is 1. The van der Waals surface area contributed by atoms with Crippen LogP contribution in [0.5, 0.6) is 5.88 Å². The molecule has 1 unspecified atom stereocenters. The summed E-state index contributed by atoms with van der Waals surface area (Å²) in [5, 5.41) is 14.6. The predicted molar refractivity (Wildman–Crippen MR) is 94.6 cm³/mol. The molecule has 1 aliphatic rings. The molecule has 9 heteroatoms. The Hall–Kier alpha value is -2.52. The van der Waals surface area contributed by atoms with Crippen LogP contribution >= 0.6 is 11.3 Å². The van der Waals surface area contributed by atoms with Crippen LogP contribution in [0, 0.1) is 5.82 Å². The first kappa shape index (κ1) is 16.9. The summed E-state index contributed by atoms with van der Waals surface area (Å²) >= 11 is 1.29.